The van der Waals surface area contributed by atoms with Gasteiger partial charge in [0, 0.05) is 24.4 Å². The summed E-state index contributed by atoms with van der Waals surface area (Å²) in [6.07, 6.45) is 3.82. The van der Waals surface area contributed by atoms with Gasteiger partial charge in [0.15, 0.2) is 5.78 Å². The number of aromatic nitrogens is 1. The zero-order chi connectivity index (χ0) is 14.8. The van der Waals surface area contributed by atoms with E-state index >= 15 is 0 Å². The van der Waals surface area contributed by atoms with Crippen LogP contribution in [0.25, 0.3) is 0 Å². The van der Waals surface area contributed by atoms with Crippen LogP contribution in [-0.2, 0) is 11.8 Å². The third-order valence-electron chi connectivity index (χ3n) is 3.38. The minimum atomic E-state index is 0.115. The Kier molecular flexibility index (Phi) is 4.03. The number of carbonyl (C=O) groups is 1. The SMILES string of the molecule is Cc1cncc(C(=O)Cc2ccc(C(C)(C)C)cc2)c1. The van der Waals surface area contributed by atoms with E-state index in [1.165, 1.54) is 5.56 Å². The number of aryl methyl sites for hydroxylation is 1. The highest BCUT2D eigenvalue weighted by Crippen LogP contribution is 2.22. The van der Waals surface area contributed by atoms with E-state index in [2.05, 4.69) is 37.9 Å². The van der Waals surface area contributed by atoms with Crippen LogP contribution in [0.3, 0.4) is 0 Å². The maximum Gasteiger partial charge on any atom is 0.168 e. The summed E-state index contributed by atoms with van der Waals surface area (Å²) in [6.45, 7) is 8.50. The van der Waals surface area contributed by atoms with Crippen LogP contribution in [0, 0.1) is 6.92 Å². The number of pyridine rings is 1. The number of hydrogen-bond acceptors (Lipinski definition) is 2. The second-order valence-corrected chi connectivity index (χ2v) is 6.30. The van der Waals surface area contributed by atoms with Gasteiger partial charge in [0.1, 0.15) is 0 Å². The fourth-order valence-corrected chi connectivity index (χ4v) is 2.12. The van der Waals surface area contributed by atoms with Crippen molar-refractivity contribution < 1.29 is 4.79 Å². The van der Waals surface area contributed by atoms with Gasteiger partial charge in [0.25, 0.3) is 0 Å². The van der Waals surface area contributed by atoms with Crippen LogP contribution in [0.5, 0.6) is 0 Å². The van der Waals surface area contributed by atoms with Gasteiger partial charge in [-0.05, 0) is 35.1 Å². The van der Waals surface area contributed by atoms with Crippen molar-refractivity contribution in [1.82, 2.24) is 4.98 Å². The van der Waals surface area contributed by atoms with Crippen molar-refractivity contribution in [3.05, 3.63) is 65.0 Å². The first kappa shape index (κ1) is 14.4. The first-order chi connectivity index (χ1) is 9.36. The lowest BCUT2D eigenvalue weighted by Gasteiger charge is -2.19. The largest absolute Gasteiger partial charge is 0.294 e. The first-order valence-electron chi connectivity index (χ1n) is 6.90. The lowest BCUT2D eigenvalue weighted by Crippen LogP contribution is -2.11. The Morgan fingerprint density at radius 2 is 1.75 bits per heavy atom. The molecule has 104 valence electrons. The summed E-state index contributed by atoms with van der Waals surface area (Å²) in [6, 6.07) is 10.2. The Morgan fingerprint density at radius 1 is 1.10 bits per heavy atom. The van der Waals surface area contributed by atoms with Crippen LogP contribution in [-0.4, -0.2) is 10.8 Å². The van der Waals surface area contributed by atoms with Gasteiger partial charge < -0.3 is 0 Å². The van der Waals surface area contributed by atoms with E-state index in [4.69, 9.17) is 0 Å². The molecule has 0 bridgehead atoms. The van der Waals surface area contributed by atoms with E-state index < -0.39 is 0 Å². The molecule has 0 spiro atoms. The second kappa shape index (κ2) is 5.58. The van der Waals surface area contributed by atoms with Crippen molar-refractivity contribution in [2.24, 2.45) is 0 Å². The van der Waals surface area contributed by atoms with Crippen molar-refractivity contribution in [1.29, 1.82) is 0 Å². The molecule has 0 saturated carbocycles. The Hall–Kier alpha value is -1.96. The zero-order valence-corrected chi connectivity index (χ0v) is 12.6. The summed E-state index contributed by atoms with van der Waals surface area (Å²) in [7, 11) is 0. The number of benzene rings is 1. The maximum absolute atomic E-state index is 12.2. The van der Waals surface area contributed by atoms with E-state index in [-0.39, 0.29) is 11.2 Å². The fourth-order valence-electron chi connectivity index (χ4n) is 2.12. The van der Waals surface area contributed by atoms with Crippen LogP contribution in [0.2, 0.25) is 0 Å². The van der Waals surface area contributed by atoms with Gasteiger partial charge in [-0.15, -0.1) is 0 Å². The van der Waals surface area contributed by atoms with Crippen molar-refractivity contribution in [3.8, 4) is 0 Å². The van der Waals surface area contributed by atoms with E-state index in [1.54, 1.807) is 12.4 Å². The highest BCUT2D eigenvalue weighted by atomic mass is 16.1. The molecule has 2 nitrogen and oxygen atoms in total. The van der Waals surface area contributed by atoms with Gasteiger partial charge in [-0.25, -0.2) is 0 Å². The summed E-state index contributed by atoms with van der Waals surface area (Å²) in [5, 5.41) is 0. The van der Waals surface area contributed by atoms with Crippen LogP contribution >= 0.6 is 0 Å². The van der Waals surface area contributed by atoms with Crippen LogP contribution in [0.1, 0.15) is 47.8 Å². The van der Waals surface area contributed by atoms with Crippen LogP contribution in [0.4, 0.5) is 0 Å². The smallest absolute Gasteiger partial charge is 0.168 e. The minimum Gasteiger partial charge on any atom is -0.294 e. The first-order valence-corrected chi connectivity index (χ1v) is 6.90. The lowest BCUT2D eigenvalue weighted by atomic mass is 9.86. The number of hydrogen-bond donors (Lipinski definition) is 0. The predicted molar refractivity (Wildman–Crippen MR) is 82.2 cm³/mol. The fraction of sp³-hybridized carbons (Fsp3) is 0.333. The Bertz CT molecular complexity index is 606. The second-order valence-electron chi connectivity index (χ2n) is 6.30. The van der Waals surface area contributed by atoms with Gasteiger partial charge in [-0.3, -0.25) is 9.78 Å². The molecule has 0 fully saturated rings. The average Bonchev–Trinajstić information content (AvgIpc) is 2.38. The molecule has 20 heavy (non-hydrogen) atoms. The maximum atomic E-state index is 12.2. The van der Waals surface area contributed by atoms with Gasteiger partial charge in [0.05, 0.1) is 0 Å². The van der Waals surface area contributed by atoms with Gasteiger partial charge in [0.2, 0.25) is 0 Å². The molecule has 0 atom stereocenters. The Morgan fingerprint density at radius 3 is 2.30 bits per heavy atom. The summed E-state index contributed by atoms with van der Waals surface area (Å²) >= 11 is 0. The topological polar surface area (TPSA) is 30.0 Å². The average molecular weight is 267 g/mol. The zero-order valence-electron chi connectivity index (χ0n) is 12.6. The molecule has 0 saturated heterocycles. The Balaban J connectivity index is 2.12. The van der Waals surface area contributed by atoms with Crippen molar-refractivity contribution >= 4 is 5.78 Å². The van der Waals surface area contributed by atoms with E-state index in [0.717, 1.165) is 11.1 Å². The molecule has 0 aliphatic rings. The van der Waals surface area contributed by atoms with Crippen LogP contribution in [0.15, 0.2) is 42.7 Å². The normalized spacial score (nSPS) is 11.4. The molecule has 1 heterocycles. The summed E-state index contributed by atoms with van der Waals surface area (Å²) < 4.78 is 0. The van der Waals surface area contributed by atoms with E-state index in [9.17, 15) is 4.79 Å². The molecular formula is C18H21NO. The molecule has 2 rings (SSSR count). The van der Waals surface area contributed by atoms with Crippen LogP contribution < -0.4 is 0 Å². The third-order valence-corrected chi connectivity index (χ3v) is 3.38. The van der Waals surface area contributed by atoms with Gasteiger partial charge >= 0.3 is 0 Å². The quantitative estimate of drug-likeness (QED) is 0.783. The molecule has 2 heteroatoms. The summed E-state index contributed by atoms with van der Waals surface area (Å²) in [4.78, 5) is 16.3. The molecule has 2 aromatic rings. The highest BCUT2D eigenvalue weighted by Gasteiger charge is 2.13. The standard InChI is InChI=1S/C18H21NO/c1-13-9-15(12-19-11-13)17(20)10-14-5-7-16(8-6-14)18(2,3)4/h5-9,11-12H,10H2,1-4H3. The monoisotopic (exact) mass is 267 g/mol. The number of nitrogens with zero attached hydrogens (tertiary/aromatic N) is 1. The van der Waals surface area contributed by atoms with E-state index in [1.807, 2.05) is 25.1 Å². The van der Waals surface area contributed by atoms with E-state index in [0.29, 0.717) is 12.0 Å². The minimum absolute atomic E-state index is 0.115. The molecule has 0 N–H and O–H groups in total. The molecule has 0 radical (unpaired) electrons. The molecule has 0 unspecified atom stereocenters. The molecule has 1 aromatic carbocycles. The number of ketones is 1. The molecule has 0 aliphatic carbocycles. The summed E-state index contributed by atoms with van der Waals surface area (Å²) in [5.74, 6) is 0.115. The molecule has 1 aromatic heterocycles. The summed E-state index contributed by atoms with van der Waals surface area (Å²) in [5.41, 5.74) is 4.17. The molecular weight excluding hydrogens is 246 g/mol. The highest BCUT2D eigenvalue weighted by molar-refractivity contribution is 5.97. The van der Waals surface area contributed by atoms with Gasteiger partial charge in [-0.2, -0.15) is 0 Å². The molecule has 0 amide bonds. The number of rotatable bonds is 3. The third kappa shape index (κ3) is 3.53. The lowest BCUT2D eigenvalue weighted by molar-refractivity contribution is 0.0992. The molecule has 0 aliphatic heterocycles. The number of carbonyl (C=O) groups excluding carboxylic acids is 1. The number of Topliss-reactive ketones (excluding diaryl/α,β-unsaturated/α-hetero) is 1. The Labute approximate surface area is 120 Å². The predicted octanol–water partition coefficient (Wildman–Crippen LogP) is 4.11. The van der Waals surface area contributed by atoms with Crippen molar-refractivity contribution in [2.75, 3.05) is 0 Å². The van der Waals surface area contributed by atoms with Crippen molar-refractivity contribution in [2.45, 2.75) is 39.5 Å². The van der Waals surface area contributed by atoms with Crippen molar-refractivity contribution in [3.63, 3.8) is 0 Å². The van der Waals surface area contributed by atoms with Gasteiger partial charge in [-0.1, -0.05) is 45.0 Å².